The average molecular weight is 316 g/mol. The molecule has 0 bridgehead atoms. The molecule has 0 aliphatic carbocycles. The number of carbonyl (C=O) groups is 1. The maximum atomic E-state index is 11.2. The van der Waals surface area contributed by atoms with Crippen LogP contribution in [0, 0.1) is 5.92 Å². The van der Waals surface area contributed by atoms with E-state index in [1.807, 2.05) is 13.8 Å². The zero-order valence-electron chi connectivity index (χ0n) is 12.8. The predicted octanol–water partition coefficient (Wildman–Crippen LogP) is 2.95. The van der Waals surface area contributed by atoms with Gasteiger partial charge in [-0.15, -0.1) is 0 Å². The number of methoxy groups -OCH3 is 2. The van der Waals surface area contributed by atoms with Crippen LogP contribution in [0.25, 0.3) is 0 Å². The highest BCUT2D eigenvalue weighted by Crippen LogP contribution is 2.33. The molecule has 0 saturated carbocycles. The summed E-state index contributed by atoms with van der Waals surface area (Å²) in [4.78, 5) is 11.2. The Morgan fingerprint density at radius 3 is 2.33 bits per heavy atom. The van der Waals surface area contributed by atoms with Crippen molar-refractivity contribution in [2.75, 3.05) is 14.2 Å². The van der Waals surface area contributed by atoms with Crippen molar-refractivity contribution in [3.63, 3.8) is 0 Å². The highest BCUT2D eigenvalue weighted by atomic mass is 35.5. The maximum Gasteiger partial charge on any atom is 0.320 e. The molecule has 0 aliphatic heterocycles. The number of ether oxygens (including phenoxy) is 2. The van der Waals surface area contributed by atoms with Crippen molar-refractivity contribution < 1.29 is 19.4 Å². The van der Waals surface area contributed by atoms with Gasteiger partial charge in [-0.3, -0.25) is 4.79 Å². The Kier molecular flexibility index (Phi) is 6.78. The van der Waals surface area contributed by atoms with Gasteiger partial charge in [-0.1, -0.05) is 25.4 Å². The van der Waals surface area contributed by atoms with Gasteiger partial charge in [0.05, 0.1) is 14.2 Å². The number of carboxylic acids is 1. The van der Waals surface area contributed by atoms with Gasteiger partial charge in [-0.2, -0.15) is 0 Å². The second-order valence-electron chi connectivity index (χ2n) is 5.20. The minimum atomic E-state index is -0.861. The Labute approximate surface area is 130 Å². The van der Waals surface area contributed by atoms with Gasteiger partial charge in [0, 0.05) is 17.6 Å². The van der Waals surface area contributed by atoms with E-state index >= 15 is 0 Å². The van der Waals surface area contributed by atoms with Gasteiger partial charge < -0.3 is 19.9 Å². The molecule has 0 amide bonds. The van der Waals surface area contributed by atoms with Gasteiger partial charge in [0.1, 0.15) is 6.04 Å². The minimum absolute atomic E-state index is 0.291. The molecule has 1 aromatic carbocycles. The Hall–Kier alpha value is -1.46. The third-order valence-corrected chi connectivity index (χ3v) is 3.45. The second kappa shape index (κ2) is 8.10. The summed E-state index contributed by atoms with van der Waals surface area (Å²) in [5.74, 6) is 0.539. The normalized spacial score (nSPS) is 12.3. The van der Waals surface area contributed by atoms with E-state index in [-0.39, 0.29) is 0 Å². The third kappa shape index (κ3) is 5.10. The molecule has 5 nitrogen and oxygen atoms in total. The van der Waals surface area contributed by atoms with E-state index in [1.54, 1.807) is 19.2 Å². The van der Waals surface area contributed by atoms with E-state index in [9.17, 15) is 9.90 Å². The van der Waals surface area contributed by atoms with Crippen LogP contribution in [0.4, 0.5) is 0 Å². The summed E-state index contributed by atoms with van der Waals surface area (Å²) in [7, 11) is 3.08. The van der Waals surface area contributed by atoms with Crippen molar-refractivity contribution in [1.82, 2.24) is 5.32 Å². The van der Waals surface area contributed by atoms with Crippen molar-refractivity contribution in [3.05, 3.63) is 22.7 Å². The predicted molar refractivity (Wildman–Crippen MR) is 82.3 cm³/mol. The van der Waals surface area contributed by atoms with Crippen LogP contribution in [0.5, 0.6) is 11.5 Å². The molecule has 6 heteroatoms. The molecule has 0 heterocycles. The quantitative estimate of drug-likeness (QED) is 0.772. The molecule has 0 aliphatic rings. The lowest BCUT2D eigenvalue weighted by Gasteiger charge is -2.18. The Morgan fingerprint density at radius 2 is 1.86 bits per heavy atom. The number of halogens is 1. The molecule has 2 N–H and O–H groups in total. The lowest BCUT2D eigenvalue weighted by atomic mass is 10.0. The molecule has 118 valence electrons. The number of nitrogens with one attached hydrogen (secondary N) is 1. The highest BCUT2D eigenvalue weighted by Gasteiger charge is 2.19. The number of rotatable bonds is 8. The summed E-state index contributed by atoms with van der Waals surface area (Å²) in [6.07, 6.45) is 0.556. The van der Waals surface area contributed by atoms with Crippen LogP contribution in [-0.4, -0.2) is 31.3 Å². The largest absolute Gasteiger partial charge is 0.493 e. The van der Waals surface area contributed by atoms with Crippen LogP contribution in [0.1, 0.15) is 25.8 Å². The zero-order chi connectivity index (χ0) is 16.0. The molecule has 1 aromatic rings. The van der Waals surface area contributed by atoms with Crippen LogP contribution < -0.4 is 14.8 Å². The molecule has 0 spiro atoms. The molecule has 1 atom stereocenters. The topological polar surface area (TPSA) is 67.8 Å². The average Bonchev–Trinajstić information content (AvgIpc) is 2.43. The summed E-state index contributed by atoms with van der Waals surface area (Å²) < 4.78 is 10.4. The molecular formula is C15H22ClNO4. The fourth-order valence-electron chi connectivity index (χ4n) is 2.01. The Morgan fingerprint density at radius 1 is 1.29 bits per heavy atom. The summed E-state index contributed by atoms with van der Waals surface area (Å²) in [6, 6.07) is 2.81. The molecule has 21 heavy (non-hydrogen) atoms. The molecule has 0 aromatic heterocycles. The van der Waals surface area contributed by atoms with Crippen molar-refractivity contribution in [3.8, 4) is 11.5 Å². The number of hydrogen-bond acceptors (Lipinski definition) is 4. The summed E-state index contributed by atoms with van der Waals surface area (Å²) in [6.45, 7) is 4.32. The molecule has 0 saturated heterocycles. The number of hydrogen-bond donors (Lipinski definition) is 2. The summed E-state index contributed by atoms with van der Waals surface area (Å²) in [5.41, 5.74) is 0.768. The number of carboxylic acid groups (broad SMARTS) is 1. The lowest BCUT2D eigenvalue weighted by molar-refractivity contribution is -0.140. The Bertz CT molecular complexity index is 491. The highest BCUT2D eigenvalue weighted by molar-refractivity contribution is 6.31. The Balaban J connectivity index is 2.84. The van der Waals surface area contributed by atoms with E-state index < -0.39 is 12.0 Å². The molecular weight excluding hydrogens is 294 g/mol. The minimum Gasteiger partial charge on any atom is -0.493 e. The van der Waals surface area contributed by atoms with Crippen molar-refractivity contribution in [2.24, 2.45) is 5.92 Å². The van der Waals surface area contributed by atoms with Gasteiger partial charge in [0.25, 0.3) is 0 Å². The van der Waals surface area contributed by atoms with Gasteiger partial charge >= 0.3 is 5.97 Å². The van der Waals surface area contributed by atoms with E-state index in [1.165, 1.54) is 7.11 Å². The van der Waals surface area contributed by atoms with E-state index in [0.29, 0.717) is 35.4 Å². The van der Waals surface area contributed by atoms with Gasteiger partial charge in [0.15, 0.2) is 11.5 Å². The van der Waals surface area contributed by atoms with Crippen molar-refractivity contribution in [2.45, 2.75) is 32.9 Å². The van der Waals surface area contributed by atoms with E-state index in [0.717, 1.165) is 5.56 Å². The standard InChI is InChI=1S/C15H22ClNO4/c1-9(2)5-12(15(18)19)17-8-10-6-13(20-3)14(21-4)7-11(10)16/h6-7,9,12,17H,5,8H2,1-4H3,(H,18,19). The van der Waals surface area contributed by atoms with E-state index in [4.69, 9.17) is 21.1 Å². The zero-order valence-corrected chi connectivity index (χ0v) is 13.5. The van der Waals surface area contributed by atoms with Crippen LogP contribution in [0.15, 0.2) is 12.1 Å². The first kappa shape index (κ1) is 17.6. The smallest absolute Gasteiger partial charge is 0.320 e. The third-order valence-electron chi connectivity index (χ3n) is 3.10. The van der Waals surface area contributed by atoms with Gasteiger partial charge in [0.2, 0.25) is 0 Å². The number of benzene rings is 1. The summed E-state index contributed by atoms with van der Waals surface area (Å²) in [5, 5.41) is 12.7. The van der Waals surface area contributed by atoms with E-state index in [2.05, 4.69) is 5.32 Å². The van der Waals surface area contributed by atoms with Crippen LogP contribution in [0.2, 0.25) is 5.02 Å². The lowest BCUT2D eigenvalue weighted by Crippen LogP contribution is -2.37. The van der Waals surface area contributed by atoms with Crippen LogP contribution in [-0.2, 0) is 11.3 Å². The molecule has 0 fully saturated rings. The number of aliphatic carboxylic acids is 1. The first-order chi connectivity index (χ1) is 9.88. The van der Waals surface area contributed by atoms with Gasteiger partial charge in [-0.25, -0.2) is 0 Å². The fraction of sp³-hybridized carbons (Fsp3) is 0.533. The molecule has 1 unspecified atom stereocenters. The SMILES string of the molecule is COc1cc(Cl)c(CNC(CC(C)C)C(=O)O)cc1OC. The second-order valence-corrected chi connectivity index (χ2v) is 5.61. The monoisotopic (exact) mass is 315 g/mol. The summed E-state index contributed by atoms with van der Waals surface area (Å²) >= 11 is 6.18. The first-order valence-electron chi connectivity index (χ1n) is 6.75. The first-order valence-corrected chi connectivity index (χ1v) is 7.13. The van der Waals surface area contributed by atoms with Crippen molar-refractivity contribution >= 4 is 17.6 Å². The molecule has 0 radical (unpaired) electrons. The van der Waals surface area contributed by atoms with Crippen molar-refractivity contribution in [1.29, 1.82) is 0 Å². The van der Waals surface area contributed by atoms with Crippen LogP contribution in [0.3, 0.4) is 0 Å². The fourth-order valence-corrected chi connectivity index (χ4v) is 2.23. The van der Waals surface area contributed by atoms with Crippen LogP contribution >= 0.6 is 11.6 Å². The molecule has 1 rings (SSSR count). The maximum absolute atomic E-state index is 11.2. The van der Waals surface area contributed by atoms with Gasteiger partial charge in [-0.05, 0) is 24.0 Å².